The van der Waals surface area contributed by atoms with E-state index in [2.05, 4.69) is 27.3 Å². The molecule has 1 aromatic carbocycles. The van der Waals surface area contributed by atoms with Gasteiger partial charge in [-0.05, 0) is 24.6 Å². The zero-order valence-electron chi connectivity index (χ0n) is 9.90. The van der Waals surface area contributed by atoms with Crippen LogP contribution in [0.15, 0.2) is 24.4 Å². The van der Waals surface area contributed by atoms with Gasteiger partial charge in [0.2, 0.25) is 0 Å². The number of benzene rings is 1. The fourth-order valence-corrected chi connectivity index (χ4v) is 3.40. The van der Waals surface area contributed by atoms with Crippen LogP contribution in [0.3, 0.4) is 0 Å². The zero-order valence-corrected chi connectivity index (χ0v) is 13.6. The maximum atomic E-state index is 12.2. The lowest BCUT2D eigenvalue weighted by Crippen LogP contribution is -1.98. The smallest absolute Gasteiger partial charge is 0.165 e. The van der Waals surface area contributed by atoms with Crippen LogP contribution in [0, 0.1) is 11.3 Å². The van der Waals surface area contributed by atoms with Gasteiger partial charge in [0.05, 0.1) is 17.1 Å². The van der Waals surface area contributed by atoms with Crippen molar-refractivity contribution in [2.24, 2.45) is 0 Å². The van der Waals surface area contributed by atoms with E-state index in [1.807, 2.05) is 16.2 Å². The Morgan fingerprint density at radius 3 is 2.95 bits per heavy atom. The van der Waals surface area contributed by atoms with Crippen LogP contribution >= 0.6 is 41.9 Å². The van der Waals surface area contributed by atoms with E-state index >= 15 is 0 Å². The van der Waals surface area contributed by atoms with Crippen LogP contribution in [-0.4, -0.2) is 15.6 Å². The van der Waals surface area contributed by atoms with E-state index in [0.717, 1.165) is 10.9 Å². The summed E-state index contributed by atoms with van der Waals surface area (Å²) in [7, 11) is 1.50. The number of hydrogen-bond donors (Lipinski definition) is 0. The van der Waals surface area contributed by atoms with Crippen LogP contribution in [0.25, 0.3) is 10.9 Å². The SMILES string of the molecule is N#Cc1ccc2c(c1)c(C(=O)CCCCl)cn2SI. The van der Waals surface area contributed by atoms with Gasteiger partial charge < -0.3 is 0 Å². The van der Waals surface area contributed by atoms with Gasteiger partial charge in [-0.25, -0.2) is 0 Å². The molecule has 0 aliphatic heterocycles. The summed E-state index contributed by atoms with van der Waals surface area (Å²) in [5, 5.41) is 9.80. The Hall–Kier alpha value is -0.710. The van der Waals surface area contributed by atoms with Crippen molar-refractivity contribution in [2.75, 3.05) is 5.88 Å². The fourth-order valence-electron chi connectivity index (χ4n) is 1.91. The Balaban J connectivity index is 2.53. The number of rotatable bonds is 5. The summed E-state index contributed by atoms with van der Waals surface area (Å²) in [5.41, 5.74) is 2.18. The largest absolute Gasteiger partial charge is 0.294 e. The molecule has 0 aliphatic carbocycles. The van der Waals surface area contributed by atoms with Crippen LogP contribution < -0.4 is 0 Å². The Morgan fingerprint density at radius 1 is 1.53 bits per heavy atom. The minimum atomic E-state index is 0.0740. The average molecular weight is 405 g/mol. The number of nitrogens with zero attached hydrogens (tertiary/aromatic N) is 2. The number of ketones is 1. The molecule has 0 spiro atoms. The second-order valence-corrected chi connectivity index (χ2v) is 6.09. The van der Waals surface area contributed by atoms with Crippen LogP contribution in [0.2, 0.25) is 0 Å². The number of fused-ring (bicyclic) bond motifs is 1. The van der Waals surface area contributed by atoms with Crippen molar-refractivity contribution in [1.29, 1.82) is 5.26 Å². The topological polar surface area (TPSA) is 45.8 Å². The van der Waals surface area contributed by atoms with Gasteiger partial charge in [0.1, 0.15) is 0 Å². The van der Waals surface area contributed by atoms with Crippen molar-refractivity contribution in [3.8, 4) is 6.07 Å². The third kappa shape index (κ3) is 3.07. The predicted molar refractivity (Wildman–Crippen MR) is 87.9 cm³/mol. The number of hydrogen-bond acceptors (Lipinski definition) is 3. The lowest BCUT2D eigenvalue weighted by Gasteiger charge is -1.98. The number of nitriles is 1. The van der Waals surface area contributed by atoms with Crippen molar-refractivity contribution in [1.82, 2.24) is 3.97 Å². The minimum Gasteiger partial charge on any atom is -0.294 e. The monoisotopic (exact) mass is 404 g/mol. The number of aromatic nitrogens is 1. The average Bonchev–Trinajstić information content (AvgIpc) is 2.82. The third-order valence-corrected chi connectivity index (χ3v) is 4.80. The highest BCUT2D eigenvalue weighted by atomic mass is 127. The standard InChI is InChI=1S/C13H10ClIN2OS/c14-5-1-2-13(18)11-8-17(19-15)12-4-3-9(7-16)6-10(11)12/h3-4,6,8H,1-2,5H2. The van der Waals surface area contributed by atoms with Crippen molar-refractivity contribution >= 4 is 58.6 Å². The fraction of sp³-hybridized carbons (Fsp3) is 0.231. The second kappa shape index (κ2) is 6.64. The number of carbonyl (C=O) groups excluding carboxylic acids is 1. The summed E-state index contributed by atoms with van der Waals surface area (Å²) in [6, 6.07) is 7.51. The summed E-state index contributed by atoms with van der Waals surface area (Å²) < 4.78 is 1.94. The summed E-state index contributed by atoms with van der Waals surface area (Å²) in [6.45, 7) is 0. The molecular weight excluding hydrogens is 395 g/mol. The molecular formula is C13H10ClIN2OS. The molecule has 6 heteroatoms. The molecule has 1 aromatic heterocycles. The number of carbonyl (C=O) groups is 1. The maximum absolute atomic E-state index is 12.2. The van der Waals surface area contributed by atoms with Crippen molar-refractivity contribution in [3.63, 3.8) is 0 Å². The number of Topliss-reactive ketones (excluding diaryl/α,β-unsaturated/α-hetero) is 1. The van der Waals surface area contributed by atoms with E-state index in [4.69, 9.17) is 16.9 Å². The van der Waals surface area contributed by atoms with Gasteiger partial charge >= 0.3 is 0 Å². The van der Waals surface area contributed by atoms with Gasteiger partial charge in [0.25, 0.3) is 0 Å². The molecule has 0 fully saturated rings. The zero-order chi connectivity index (χ0) is 13.8. The molecule has 0 unspecified atom stereocenters. The molecule has 1 heterocycles. The maximum Gasteiger partial charge on any atom is 0.165 e. The molecule has 0 N–H and O–H groups in total. The van der Waals surface area contributed by atoms with Gasteiger partial charge in [-0.3, -0.25) is 8.77 Å². The molecule has 0 saturated heterocycles. The van der Waals surface area contributed by atoms with Gasteiger partial charge in [-0.15, -0.1) is 11.6 Å². The molecule has 0 aliphatic rings. The molecule has 0 saturated carbocycles. The van der Waals surface area contributed by atoms with Gasteiger partial charge in [0, 0.05) is 59.8 Å². The normalized spacial score (nSPS) is 10.6. The first-order valence-electron chi connectivity index (χ1n) is 5.64. The highest BCUT2D eigenvalue weighted by Gasteiger charge is 2.15. The summed E-state index contributed by atoms with van der Waals surface area (Å²) in [4.78, 5) is 12.2. The second-order valence-electron chi connectivity index (χ2n) is 4.00. The quantitative estimate of drug-likeness (QED) is 0.417. The van der Waals surface area contributed by atoms with E-state index in [1.165, 1.54) is 9.12 Å². The van der Waals surface area contributed by atoms with E-state index in [-0.39, 0.29) is 5.78 Å². The van der Waals surface area contributed by atoms with Gasteiger partial charge in [0.15, 0.2) is 5.78 Å². The third-order valence-electron chi connectivity index (χ3n) is 2.81. The molecule has 3 nitrogen and oxygen atoms in total. The first-order chi connectivity index (χ1) is 9.21. The molecule has 0 amide bonds. The molecule has 98 valence electrons. The van der Waals surface area contributed by atoms with Crippen molar-refractivity contribution < 1.29 is 4.79 Å². The first kappa shape index (κ1) is 14.7. The highest BCUT2D eigenvalue weighted by molar-refractivity contribution is 14.2. The van der Waals surface area contributed by atoms with Crippen LogP contribution in [0.4, 0.5) is 0 Å². The van der Waals surface area contributed by atoms with Gasteiger partial charge in [-0.1, -0.05) is 0 Å². The molecule has 0 bridgehead atoms. The van der Waals surface area contributed by atoms with Crippen LogP contribution in [0.5, 0.6) is 0 Å². The number of halogens is 2. The van der Waals surface area contributed by atoms with E-state index in [0.29, 0.717) is 29.8 Å². The van der Waals surface area contributed by atoms with E-state index in [1.54, 1.807) is 12.1 Å². The lowest BCUT2D eigenvalue weighted by atomic mass is 10.0. The molecule has 19 heavy (non-hydrogen) atoms. The van der Waals surface area contributed by atoms with Crippen LogP contribution in [0.1, 0.15) is 28.8 Å². The Bertz CT molecular complexity index is 662. The highest BCUT2D eigenvalue weighted by Crippen LogP contribution is 2.30. The lowest BCUT2D eigenvalue weighted by molar-refractivity contribution is 0.0983. The Kier molecular flexibility index (Phi) is 5.13. The Morgan fingerprint density at radius 2 is 2.32 bits per heavy atom. The summed E-state index contributed by atoms with van der Waals surface area (Å²) in [5.74, 6) is 0.555. The molecule has 0 atom stereocenters. The van der Waals surface area contributed by atoms with Crippen molar-refractivity contribution in [2.45, 2.75) is 12.8 Å². The Labute approximate surface area is 132 Å². The van der Waals surface area contributed by atoms with Gasteiger partial charge in [-0.2, -0.15) is 5.26 Å². The number of alkyl halides is 1. The summed E-state index contributed by atoms with van der Waals surface area (Å²) in [6.07, 6.45) is 2.94. The van der Waals surface area contributed by atoms with Crippen LogP contribution in [-0.2, 0) is 0 Å². The predicted octanol–water partition coefficient (Wildman–Crippen LogP) is 4.56. The summed E-state index contributed by atoms with van der Waals surface area (Å²) >= 11 is 7.79. The van der Waals surface area contributed by atoms with E-state index in [9.17, 15) is 4.79 Å². The van der Waals surface area contributed by atoms with E-state index < -0.39 is 0 Å². The minimum absolute atomic E-state index is 0.0740. The molecule has 2 rings (SSSR count). The molecule has 0 radical (unpaired) electrons. The molecule has 2 aromatic rings. The van der Waals surface area contributed by atoms with Crippen molar-refractivity contribution in [3.05, 3.63) is 35.5 Å². The first-order valence-corrected chi connectivity index (χ1v) is 9.49.